The fraction of sp³-hybridized carbons (Fsp3) is 0.304. The minimum Gasteiger partial charge on any atom is -0.347 e. The van der Waals surface area contributed by atoms with Crippen LogP contribution >= 0.6 is 11.8 Å². The van der Waals surface area contributed by atoms with Crippen LogP contribution in [0.4, 0.5) is 0 Å². The molecule has 0 saturated carbocycles. The summed E-state index contributed by atoms with van der Waals surface area (Å²) in [5, 5.41) is 7.46. The molecule has 2 aromatic carbocycles. The molecule has 3 aromatic rings. The van der Waals surface area contributed by atoms with Gasteiger partial charge in [0.2, 0.25) is 0 Å². The quantitative estimate of drug-likeness (QED) is 0.655. The van der Waals surface area contributed by atoms with E-state index in [0.717, 1.165) is 11.3 Å². The molecule has 1 heterocycles. The standard InChI is InChI=1S/C23H27N3OS/c1-16-6-10-18(11-7-16)28-19-12-8-17(9-13-19)15-24-22(27)20-14-21(23(2,3)4)25-26(20)5/h6-14H,15H2,1-5H3,(H,24,27). The summed E-state index contributed by atoms with van der Waals surface area (Å²) < 4.78 is 1.65. The van der Waals surface area contributed by atoms with Crippen molar-refractivity contribution in [3.8, 4) is 0 Å². The van der Waals surface area contributed by atoms with Crippen molar-refractivity contribution in [2.75, 3.05) is 0 Å². The van der Waals surface area contributed by atoms with Gasteiger partial charge in [-0.1, -0.05) is 62.4 Å². The number of aryl methyl sites for hydroxylation is 2. The average Bonchev–Trinajstić information content (AvgIpc) is 3.05. The predicted octanol–water partition coefficient (Wildman–Crippen LogP) is 5.11. The van der Waals surface area contributed by atoms with Gasteiger partial charge in [0.05, 0.1) is 5.69 Å². The minimum atomic E-state index is -0.108. The van der Waals surface area contributed by atoms with Gasteiger partial charge >= 0.3 is 0 Å². The molecular formula is C23H27N3OS. The highest BCUT2D eigenvalue weighted by Crippen LogP contribution is 2.28. The van der Waals surface area contributed by atoms with E-state index in [1.165, 1.54) is 15.4 Å². The molecule has 0 radical (unpaired) electrons. The van der Waals surface area contributed by atoms with E-state index >= 15 is 0 Å². The van der Waals surface area contributed by atoms with Crippen molar-refractivity contribution in [3.05, 3.63) is 77.1 Å². The monoisotopic (exact) mass is 393 g/mol. The first-order chi connectivity index (χ1) is 13.2. The Labute approximate surface area is 171 Å². The van der Waals surface area contributed by atoms with Crippen LogP contribution in [0.5, 0.6) is 0 Å². The fourth-order valence-electron chi connectivity index (χ4n) is 2.74. The highest BCUT2D eigenvalue weighted by Gasteiger charge is 2.21. The number of nitrogens with zero attached hydrogens (tertiary/aromatic N) is 2. The molecule has 1 amide bonds. The van der Waals surface area contributed by atoms with E-state index in [0.29, 0.717) is 12.2 Å². The summed E-state index contributed by atoms with van der Waals surface area (Å²) in [6, 6.07) is 18.7. The Balaban J connectivity index is 1.59. The zero-order valence-corrected chi connectivity index (χ0v) is 17.9. The van der Waals surface area contributed by atoms with Crippen molar-refractivity contribution in [2.24, 2.45) is 7.05 Å². The summed E-state index contributed by atoms with van der Waals surface area (Å²) in [5.41, 5.74) is 3.74. The normalized spacial score (nSPS) is 11.5. The van der Waals surface area contributed by atoms with Crippen LogP contribution in [-0.2, 0) is 19.0 Å². The van der Waals surface area contributed by atoms with Gasteiger partial charge in [-0.2, -0.15) is 5.10 Å². The lowest BCUT2D eigenvalue weighted by molar-refractivity contribution is 0.0941. The van der Waals surface area contributed by atoms with E-state index < -0.39 is 0 Å². The van der Waals surface area contributed by atoms with Crippen LogP contribution in [0.2, 0.25) is 0 Å². The molecule has 0 saturated heterocycles. The SMILES string of the molecule is Cc1ccc(Sc2ccc(CNC(=O)c3cc(C(C)(C)C)nn3C)cc2)cc1. The Morgan fingerprint density at radius 3 is 2.14 bits per heavy atom. The second kappa shape index (κ2) is 8.23. The van der Waals surface area contributed by atoms with Crippen molar-refractivity contribution >= 4 is 17.7 Å². The van der Waals surface area contributed by atoms with Crippen molar-refractivity contribution in [3.63, 3.8) is 0 Å². The van der Waals surface area contributed by atoms with Gasteiger partial charge in [-0.3, -0.25) is 9.48 Å². The van der Waals surface area contributed by atoms with Crippen molar-refractivity contribution in [1.29, 1.82) is 0 Å². The zero-order valence-electron chi connectivity index (χ0n) is 17.1. The lowest BCUT2D eigenvalue weighted by Crippen LogP contribution is -2.25. The van der Waals surface area contributed by atoms with Crippen LogP contribution in [-0.4, -0.2) is 15.7 Å². The van der Waals surface area contributed by atoms with Crippen LogP contribution in [0, 0.1) is 6.92 Å². The molecule has 1 N–H and O–H groups in total. The van der Waals surface area contributed by atoms with Gasteiger partial charge in [0.25, 0.3) is 5.91 Å². The Morgan fingerprint density at radius 2 is 1.61 bits per heavy atom. The van der Waals surface area contributed by atoms with Crippen LogP contribution in [0.1, 0.15) is 48.1 Å². The molecular weight excluding hydrogens is 366 g/mol. The van der Waals surface area contributed by atoms with Gasteiger partial charge in [0.15, 0.2) is 0 Å². The first-order valence-corrected chi connectivity index (χ1v) is 10.2. The summed E-state index contributed by atoms with van der Waals surface area (Å²) in [7, 11) is 1.81. The molecule has 3 rings (SSSR count). The fourth-order valence-corrected chi connectivity index (χ4v) is 3.55. The molecule has 0 bridgehead atoms. The number of amides is 1. The summed E-state index contributed by atoms with van der Waals surface area (Å²) >= 11 is 1.73. The molecule has 0 atom stereocenters. The molecule has 4 nitrogen and oxygen atoms in total. The molecule has 0 aliphatic rings. The van der Waals surface area contributed by atoms with E-state index in [2.05, 4.69) is 86.6 Å². The van der Waals surface area contributed by atoms with Gasteiger partial charge < -0.3 is 5.32 Å². The first kappa shape index (κ1) is 20.2. The smallest absolute Gasteiger partial charge is 0.269 e. The Hall–Kier alpha value is -2.53. The number of hydrogen-bond acceptors (Lipinski definition) is 3. The van der Waals surface area contributed by atoms with E-state index in [-0.39, 0.29) is 11.3 Å². The largest absolute Gasteiger partial charge is 0.347 e. The number of nitrogens with one attached hydrogen (secondary N) is 1. The third kappa shape index (κ3) is 5.04. The third-order valence-electron chi connectivity index (χ3n) is 4.51. The number of hydrogen-bond donors (Lipinski definition) is 1. The van der Waals surface area contributed by atoms with E-state index in [9.17, 15) is 4.79 Å². The van der Waals surface area contributed by atoms with E-state index in [1.54, 1.807) is 23.5 Å². The summed E-state index contributed by atoms with van der Waals surface area (Å²) in [6.07, 6.45) is 0. The summed E-state index contributed by atoms with van der Waals surface area (Å²) in [5.74, 6) is -0.108. The van der Waals surface area contributed by atoms with Crippen LogP contribution in [0.3, 0.4) is 0 Å². The molecule has 0 fully saturated rings. The molecule has 146 valence electrons. The Morgan fingerprint density at radius 1 is 1.04 bits per heavy atom. The van der Waals surface area contributed by atoms with Crippen molar-refractivity contribution in [2.45, 2.75) is 49.4 Å². The van der Waals surface area contributed by atoms with Crippen molar-refractivity contribution < 1.29 is 4.79 Å². The van der Waals surface area contributed by atoms with Crippen molar-refractivity contribution in [1.82, 2.24) is 15.1 Å². The molecule has 0 aliphatic heterocycles. The number of carbonyl (C=O) groups is 1. The zero-order chi connectivity index (χ0) is 20.3. The molecule has 0 aliphatic carbocycles. The molecule has 1 aromatic heterocycles. The average molecular weight is 394 g/mol. The minimum absolute atomic E-state index is 0.0821. The molecule has 0 spiro atoms. The Bertz CT molecular complexity index is 951. The van der Waals surface area contributed by atoms with Crippen LogP contribution < -0.4 is 5.32 Å². The highest BCUT2D eigenvalue weighted by molar-refractivity contribution is 7.99. The van der Waals surface area contributed by atoms with Gasteiger partial charge in [-0.15, -0.1) is 0 Å². The second-order valence-electron chi connectivity index (χ2n) is 8.03. The maximum atomic E-state index is 12.5. The van der Waals surface area contributed by atoms with Gasteiger partial charge in [0, 0.05) is 28.8 Å². The maximum Gasteiger partial charge on any atom is 0.269 e. The summed E-state index contributed by atoms with van der Waals surface area (Å²) in [4.78, 5) is 14.9. The lowest BCUT2D eigenvalue weighted by Gasteiger charge is -2.13. The number of aromatic nitrogens is 2. The van der Waals surface area contributed by atoms with Crippen LogP contribution in [0.15, 0.2) is 64.4 Å². The topological polar surface area (TPSA) is 46.9 Å². The van der Waals surface area contributed by atoms with Gasteiger partial charge in [0.1, 0.15) is 5.69 Å². The third-order valence-corrected chi connectivity index (χ3v) is 5.53. The van der Waals surface area contributed by atoms with Gasteiger partial charge in [-0.05, 0) is 42.8 Å². The summed E-state index contributed by atoms with van der Waals surface area (Å²) in [6.45, 7) is 8.85. The van der Waals surface area contributed by atoms with Gasteiger partial charge in [-0.25, -0.2) is 0 Å². The highest BCUT2D eigenvalue weighted by atomic mass is 32.2. The lowest BCUT2D eigenvalue weighted by atomic mass is 9.92. The van der Waals surface area contributed by atoms with Crippen LogP contribution in [0.25, 0.3) is 0 Å². The molecule has 5 heteroatoms. The van der Waals surface area contributed by atoms with E-state index in [4.69, 9.17) is 0 Å². The number of rotatable bonds is 5. The number of benzene rings is 2. The molecule has 28 heavy (non-hydrogen) atoms. The Kier molecular flexibility index (Phi) is 5.94. The number of carbonyl (C=O) groups excluding carboxylic acids is 1. The maximum absolute atomic E-state index is 12.5. The van der Waals surface area contributed by atoms with E-state index in [1.807, 2.05) is 6.07 Å². The predicted molar refractivity (Wildman–Crippen MR) is 115 cm³/mol. The second-order valence-corrected chi connectivity index (χ2v) is 9.18. The first-order valence-electron chi connectivity index (χ1n) is 9.38. The molecule has 0 unspecified atom stereocenters.